The molecule has 0 spiro atoms. The molecule has 3 aromatic rings. The number of amides is 3. The van der Waals surface area contributed by atoms with Gasteiger partial charge in [0, 0.05) is 16.5 Å². The zero-order valence-electron chi connectivity index (χ0n) is 22.4. The summed E-state index contributed by atoms with van der Waals surface area (Å²) >= 11 is 12.4. The van der Waals surface area contributed by atoms with Crippen molar-refractivity contribution in [3.63, 3.8) is 0 Å². The largest absolute Gasteiger partial charge is 0.370 e. The number of hydrogen-bond donors (Lipinski definition) is 2. The van der Waals surface area contributed by atoms with Crippen LogP contribution in [0, 0.1) is 11.3 Å². The number of nitrogens with zero attached hydrogens (tertiary/aromatic N) is 2. The highest BCUT2D eigenvalue weighted by Crippen LogP contribution is 2.48. The number of morpholine rings is 1. The van der Waals surface area contributed by atoms with E-state index in [0.717, 1.165) is 5.56 Å². The van der Waals surface area contributed by atoms with Gasteiger partial charge in [-0.25, -0.2) is 0 Å². The number of ether oxygens (including phenoxy) is 1. The second kappa shape index (κ2) is 12.7. The van der Waals surface area contributed by atoms with Gasteiger partial charge in [-0.1, -0.05) is 72.9 Å². The summed E-state index contributed by atoms with van der Waals surface area (Å²) in [4.78, 5) is 41.7. The Balaban J connectivity index is 1.95. The molecule has 8 nitrogen and oxygen atoms in total. The molecule has 1 aliphatic heterocycles. The Bertz CT molecular complexity index is 1460. The van der Waals surface area contributed by atoms with Crippen molar-refractivity contribution >= 4 is 40.9 Å². The molecule has 4 atom stereocenters. The summed E-state index contributed by atoms with van der Waals surface area (Å²) in [5, 5.41) is 10.2. The molecule has 1 fully saturated rings. The molecule has 41 heavy (non-hydrogen) atoms. The molecular weight excluding hydrogens is 563 g/mol. The third-order valence-corrected chi connectivity index (χ3v) is 7.86. The lowest BCUT2D eigenvalue weighted by atomic mass is 9.80. The predicted molar refractivity (Wildman–Crippen MR) is 156 cm³/mol. The van der Waals surface area contributed by atoms with Crippen LogP contribution in [0.4, 0.5) is 0 Å². The van der Waals surface area contributed by atoms with Gasteiger partial charge in [-0.2, -0.15) is 5.26 Å². The number of rotatable bonds is 10. The SMILES string of the molecule is CCCC(CC(N)=O)(C(N)=O)N1C(=O)[C@@H](Cc2ccc(C#N)cc2)O[C@H](c2ccc(Cl)cc2)[C@@H]1c1ccc(Cl)cc1. The molecule has 1 heterocycles. The van der Waals surface area contributed by atoms with Gasteiger partial charge in [0.15, 0.2) is 0 Å². The van der Waals surface area contributed by atoms with Crippen LogP contribution in [-0.4, -0.2) is 34.3 Å². The first-order chi connectivity index (χ1) is 19.6. The molecular formula is C31H30Cl2N4O4. The molecule has 0 bridgehead atoms. The quantitative estimate of drug-likeness (QED) is 0.340. The van der Waals surface area contributed by atoms with Crippen LogP contribution in [0.15, 0.2) is 72.8 Å². The first-order valence-corrected chi connectivity index (χ1v) is 13.9. The molecule has 0 saturated carbocycles. The lowest BCUT2D eigenvalue weighted by Crippen LogP contribution is -2.66. The summed E-state index contributed by atoms with van der Waals surface area (Å²) in [5.41, 5.74) is 12.6. The fraction of sp³-hybridized carbons (Fsp3) is 0.290. The summed E-state index contributed by atoms with van der Waals surface area (Å²) in [6, 6.07) is 21.9. The maximum absolute atomic E-state index is 14.5. The number of carbonyl (C=O) groups is 3. The second-order valence-electron chi connectivity index (χ2n) is 10.1. The molecule has 3 aromatic carbocycles. The molecule has 4 rings (SSSR count). The molecule has 0 aromatic heterocycles. The third-order valence-electron chi connectivity index (χ3n) is 7.35. The van der Waals surface area contributed by atoms with Crippen molar-refractivity contribution in [2.45, 2.75) is 56.4 Å². The molecule has 10 heteroatoms. The van der Waals surface area contributed by atoms with Gasteiger partial charge in [0.25, 0.3) is 5.91 Å². The van der Waals surface area contributed by atoms with Crippen molar-refractivity contribution < 1.29 is 19.1 Å². The van der Waals surface area contributed by atoms with Gasteiger partial charge in [-0.3, -0.25) is 14.4 Å². The van der Waals surface area contributed by atoms with Gasteiger partial charge in [-0.05, 0) is 59.5 Å². The minimum Gasteiger partial charge on any atom is -0.370 e. The van der Waals surface area contributed by atoms with Gasteiger partial charge >= 0.3 is 0 Å². The summed E-state index contributed by atoms with van der Waals surface area (Å²) in [6.07, 6.45) is -1.58. The van der Waals surface area contributed by atoms with Crippen molar-refractivity contribution in [3.05, 3.63) is 105 Å². The number of primary amides is 2. The Hall–Kier alpha value is -3.90. The average molecular weight is 594 g/mol. The summed E-state index contributed by atoms with van der Waals surface area (Å²) in [7, 11) is 0. The van der Waals surface area contributed by atoms with Crippen LogP contribution in [0.3, 0.4) is 0 Å². The average Bonchev–Trinajstić information content (AvgIpc) is 2.94. The van der Waals surface area contributed by atoms with Crippen LogP contribution in [-0.2, 0) is 25.5 Å². The van der Waals surface area contributed by atoms with Gasteiger partial charge in [-0.15, -0.1) is 0 Å². The smallest absolute Gasteiger partial charge is 0.253 e. The fourth-order valence-corrected chi connectivity index (χ4v) is 5.75. The Morgan fingerprint density at radius 2 is 1.51 bits per heavy atom. The number of hydrogen-bond acceptors (Lipinski definition) is 5. The van der Waals surface area contributed by atoms with Gasteiger partial charge < -0.3 is 21.1 Å². The Morgan fingerprint density at radius 1 is 0.951 bits per heavy atom. The van der Waals surface area contributed by atoms with E-state index in [-0.39, 0.29) is 12.8 Å². The van der Waals surface area contributed by atoms with Gasteiger partial charge in [0.1, 0.15) is 17.7 Å². The van der Waals surface area contributed by atoms with E-state index in [0.29, 0.717) is 33.2 Å². The van der Waals surface area contributed by atoms with Crippen molar-refractivity contribution in [3.8, 4) is 6.07 Å². The fourth-order valence-electron chi connectivity index (χ4n) is 5.50. The normalized spacial score (nSPS) is 20.2. The van der Waals surface area contributed by atoms with E-state index < -0.39 is 47.9 Å². The molecule has 3 amide bonds. The minimum atomic E-state index is -1.72. The number of nitriles is 1. The molecule has 212 valence electrons. The number of halogens is 2. The number of benzene rings is 3. The van der Waals surface area contributed by atoms with E-state index >= 15 is 0 Å². The monoisotopic (exact) mass is 592 g/mol. The van der Waals surface area contributed by atoms with Crippen LogP contribution in [0.2, 0.25) is 10.0 Å². The van der Waals surface area contributed by atoms with Crippen molar-refractivity contribution in [2.75, 3.05) is 0 Å². The van der Waals surface area contributed by atoms with Crippen molar-refractivity contribution in [1.82, 2.24) is 4.90 Å². The maximum Gasteiger partial charge on any atom is 0.253 e. The van der Waals surface area contributed by atoms with E-state index in [4.69, 9.17) is 39.4 Å². The highest BCUT2D eigenvalue weighted by atomic mass is 35.5. The topological polar surface area (TPSA) is 140 Å². The van der Waals surface area contributed by atoms with E-state index in [1.165, 1.54) is 4.90 Å². The van der Waals surface area contributed by atoms with Crippen LogP contribution in [0.25, 0.3) is 0 Å². The van der Waals surface area contributed by atoms with Crippen molar-refractivity contribution in [1.29, 1.82) is 5.26 Å². The zero-order chi connectivity index (χ0) is 29.7. The van der Waals surface area contributed by atoms with E-state index in [2.05, 4.69) is 6.07 Å². The maximum atomic E-state index is 14.5. The van der Waals surface area contributed by atoms with Crippen molar-refractivity contribution in [2.24, 2.45) is 11.5 Å². The van der Waals surface area contributed by atoms with Gasteiger partial charge in [0.05, 0.1) is 24.1 Å². The van der Waals surface area contributed by atoms with E-state index in [9.17, 15) is 19.6 Å². The van der Waals surface area contributed by atoms with E-state index in [1.54, 1.807) is 72.8 Å². The lowest BCUT2D eigenvalue weighted by Gasteiger charge is -2.52. The minimum absolute atomic E-state index is 0.109. The van der Waals surface area contributed by atoms with E-state index in [1.807, 2.05) is 6.92 Å². The number of carbonyl (C=O) groups excluding carboxylic acids is 3. The summed E-state index contributed by atoms with van der Waals surface area (Å²) in [5.74, 6) is -2.11. The highest BCUT2D eigenvalue weighted by molar-refractivity contribution is 6.30. The summed E-state index contributed by atoms with van der Waals surface area (Å²) < 4.78 is 6.57. The predicted octanol–water partition coefficient (Wildman–Crippen LogP) is 5.02. The standard InChI is InChI=1S/C31H30Cl2N4O4/c1-2-15-31(30(36)40,17-26(35)38)37-27(21-7-11-23(32)12-8-21)28(22-9-13-24(33)14-10-22)41-25(29(37)39)16-19-3-5-20(18-34)6-4-19/h3-14,25,27-28H,2,15-17H2,1H3,(H2,35,38)(H2,36,40)/t25-,27+,28-,31?/m1/s1. The summed E-state index contributed by atoms with van der Waals surface area (Å²) in [6.45, 7) is 1.84. The second-order valence-corrected chi connectivity index (χ2v) is 11.0. The van der Waals surface area contributed by atoms with Crippen LogP contribution >= 0.6 is 23.2 Å². The Kier molecular flexibility index (Phi) is 9.34. The molecule has 4 N–H and O–H groups in total. The Labute approximate surface area is 248 Å². The Morgan fingerprint density at radius 3 is 2.00 bits per heavy atom. The van der Waals surface area contributed by atoms with Crippen LogP contribution < -0.4 is 11.5 Å². The zero-order valence-corrected chi connectivity index (χ0v) is 23.9. The molecule has 1 aliphatic rings. The first-order valence-electron chi connectivity index (χ1n) is 13.2. The molecule has 1 unspecified atom stereocenters. The molecule has 0 radical (unpaired) electrons. The highest BCUT2D eigenvalue weighted by Gasteiger charge is 2.55. The molecule has 1 saturated heterocycles. The molecule has 0 aliphatic carbocycles. The van der Waals surface area contributed by atoms with Crippen LogP contribution in [0.5, 0.6) is 0 Å². The number of nitrogens with two attached hydrogens (primary N) is 2. The van der Waals surface area contributed by atoms with Gasteiger partial charge in [0.2, 0.25) is 11.8 Å². The van der Waals surface area contributed by atoms with Crippen LogP contribution in [0.1, 0.15) is 60.6 Å². The third kappa shape index (κ3) is 6.38. The first kappa shape index (κ1) is 30.1. The lowest BCUT2D eigenvalue weighted by molar-refractivity contribution is -0.191.